The second kappa shape index (κ2) is 7.99. The molecule has 0 radical (unpaired) electrons. The average molecular weight is 333 g/mol. The molecule has 2 rings (SSSR count). The molecule has 0 bridgehead atoms. The Hall–Kier alpha value is -0.810. The predicted molar refractivity (Wildman–Crippen MR) is 87.1 cm³/mol. The summed E-state index contributed by atoms with van der Waals surface area (Å²) in [5.41, 5.74) is 6.51. The number of rotatable bonds is 4. The number of nitrogens with one attached hydrogen (secondary N) is 1. The van der Waals surface area contributed by atoms with Gasteiger partial charge in [-0.2, -0.15) is 0 Å². The van der Waals surface area contributed by atoms with E-state index in [1.807, 2.05) is 24.3 Å². The molecule has 1 saturated heterocycles. The molecule has 1 fully saturated rings. The number of hydrogen-bond acceptors (Lipinski definition) is 3. The third-order valence-corrected chi connectivity index (χ3v) is 4.24. The van der Waals surface area contributed by atoms with Crippen molar-refractivity contribution < 1.29 is 9.53 Å². The van der Waals surface area contributed by atoms with Crippen LogP contribution in [0.4, 0.5) is 0 Å². The Kier molecular flexibility index (Phi) is 6.94. The van der Waals surface area contributed by atoms with Crippen molar-refractivity contribution in [2.75, 3.05) is 19.8 Å². The van der Waals surface area contributed by atoms with Crippen LogP contribution < -0.4 is 11.1 Å². The maximum atomic E-state index is 11.7. The van der Waals surface area contributed by atoms with Crippen molar-refractivity contribution in [2.45, 2.75) is 31.2 Å². The minimum atomic E-state index is -0.502. The van der Waals surface area contributed by atoms with Crippen LogP contribution in [0.1, 0.15) is 25.3 Å². The minimum Gasteiger partial charge on any atom is -0.381 e. The summed E-state index contributed by atoms with van der Waals surface area (Å²) in [6.07, 6.45) is 1.69. The molecule has 0 saturated carbocycles. The lowest BCUT2D eigenvalue weighted by molar-refractivity contribution is -0.122. The average Bonchev–Trinajstić information content (AvgIpc) is 2.46. The number of nitrogens with two attached hydrogens (primary N) is 1. The van der Waals surface area contributed by atoms with Crippen LogP contribution in [0.3, 0.4) is 0 Å². The summed E-state index contributed by atoms with van der Waals surface area (Å²) in [6, 6.07) is 7.32. The standard InChI is InChI=1S/C15H21ClN2O2.ClH/c1-11(17)14(19)18-10-15(6-8-20-9-7-15)12-4-2-3-5-13(12)16;/h2-5,11H,6-10,17H2,1H3,(H,18,19);1H/t11-;/m0./s1. The lowest BCUT2D eigenvalue weighted by Gasteiger charge is -2.38. The van der Waals surface area contributed by atoms with Gasteiger partial charge in [-0.3, -0.25) is 4.79 Å². The maximum Gasteiger partial charge on any atom is 0.236 e. The van der Waals surface area contributed by atoms with Gasteiger partial charge in [0.2, 0.25) is 5.91 Å². The molecular weight excluding hydrogens is 311 g/mol. The van der Waals surface area contributed by atoms with E-state index in [1.54, 1.807) is 6.92 Å². The van der Waals surface area contributed by atoms with Crippen LogP contribution in [0.15, 0.2) is 24.3 Å². The van der Waals surface area contributed by atoms with Gasteiger partial charge in [0.25, 0.3) is 0 Å². The number of carbonyl (C=O) groups excluding carboxylic acids is 1. The zero-order valence-corrected chi connectivity index (χ0v) is 13.7. The van der Waals surface area contributed by atoms with Crippen molar-refractivity contribution in [3.05, 3.63) is 34.9 Å². The number of halogens is 2. The zero-order chi connectivity index (χ0) is 14.6. The van der Waals surface area contributed by atoms with E-state index in [9.17, 15) is 4.79 Å². The first kappa shape index (κ1) is 18.2. The molecule has 118 valence electrons. The number of benzene rings is 1. The fraction of sp³-hybridized carbons (Fsp3) is 0.533. The van der Waals surface area contributed by atoms with Crippen LogP contribution in [0.5, 0.6) is 0 Å². The van der Waals surface area contributed by atoms with Gasteiger partial charge >= 0.3 is 0 Å². The van der Waals surface area contributed by atoms with Gasteiger partial charge in [0.05, 0.1) is 6.04 Å². The summed E-state index contributed by atoms with van der Waals surface area (Å²) in [6.45, 7) is 3.58. The first-order valence-corrected chi connectivity index (χ1v) is 7.29. The van der Waals surface area contributed by atoms with E-state index >= 15 is 0 Å². The molecule has 0 spiro atoms. The molecule has 1 heterocycles. The van der Waals surface area contributed by atoms with Crippen molar-refractivity contribution in [3.63, 3.8) is 0 Å². The normalized spacial score (nSPS) is 18.4. The molecule has 4 nitrogen and oxygen atoms in total. The van der Waals surface area contributed by atoms with Gasteiger partial charge in [0.1, 0.15) is 0 Å². The summed E-state index contributed by atoms with van der Waals surface area (Å²) < 4.78 is 5.46. The van der Waals surface area contributed by atoms with Gasteiger partial charge in [-0.15, -0.1) is 12.4 Å². The third-order valence-electron chi connectivity index (χ3n) is 3.91. The van der Waals surface area contributed by atoms with E-state index in [1.165, 1.54) is 0 Å². The predicted octanol–water partition coefficient (Wildman–Crippen LogP) is 2.27. The molecular formula is C15H22Cl2N2O2. The topological polar surface area (TPSA) is 64.4 Å². The summed E-state index contributed by atoms with van der Waals surface area (Å²) in [5, 5.41) is 3.68. The number of amides is 1. The van der Waals surface area contributed by atoms with E-state index in [2.05, 4.69) is 5.32 Å². The molecule has 21 heavy (non-hydrogen) atoms. The summed E-state index contributed by atoms with van der Waals surface area (Å²) in [7, 11) is 0. The highest BCUT2D eigenvalue weighted by Crippen LogP contribution is 2.38. The Morgan fingerprint density at radius 1 is 1.43 bits per heavy atom. The number of ether oxygens (including phenoxy) is 1. The van der Waals surface area contributed by atoms with Crippen molar-refractivity contribution in [2.24, 2.45) is 5.73 Å². The number of carbonyl (C=O) groups is 1. The largest absolute Gasteiger partial charge is 0.381 e. The third kappa shape index (κ3) is 4.33. The summed E-state index contributed by atoms with van der Waals surface area (Å²) in [4.78, 5) is 11.7. The zero-order valence-electron chi connectivity index (χ0n) is 12.1. The van der Waals surface area contributed by atoms with Gasteiger partial charge in [-0.25, -0.2) is 0 Å². The molecule has 0 unspecified atom stereocenters. The van der Waals surface area contributed by atoms with Gasteiger partial charge in [0, 0.05) is 30.2 Å². The molecule has 0 aliphatic carbocycles. The van der Waals surface area contributed by atoms with Crippen LogP contribution in [-0.4, -0.2) is 31.7 Å². The molecule has 0 aromatic heterocycles. The van der Waals surface area contributed by atoms with Gasteiger partial charge in [-0.05, 0) is 31.4 Å². The van der Waals surface area contributed by atoms with Crippen LogP contribution >= 0.6 is 24.0 Å². The Bertz CT molecular complexity index is 474. The Balaban J connectivity index is 0.00000220. The monoisotopic (exact) mass is 332 g/mol. The molecule has 1 aromatic carbocycles. The van der Waals surface area contributed by atoms with Gasteiger partial charge in [0.15, 0.2) is 0 Å². The van der Waals surface area contributed by atoms with Crippen molar-refractivity contribution in [1.29, 1.82) is 0 Å². The highest BCUT2D eigenvalue weighted by Gasteiger charge is 2.36. The van der Waals surface area contributed by atoms with Gasteiger partial charge < -0.3 is 15.8 Å². The van der Waals surface area contributed by atoms with E-state index in [-0.39, 0.29) is 23.7 Å². The van der Waals surface area contributed by atoms with Crippen LogP contribution in [-0.2, 0) is 14.9 Å². The quantitative estimate of drug-likeness (QED) is 0.888. The molecule has 3 N–H and O–H groups in total. The van der Waals surface area contributed by atoms with E-state index < -0.39 is 6.04 Å². The number of hydrogen-bond donors (Lipinski definition) is 2. The lowest BCUT2D eigenvalue weighted by atomic mass is 9.74. The van der Waals surface area contributed by atoms with E-state index in [4.69, 9.17) is 22.1 Å². The molecule has 1 atom stereocenters. The van der Waals surface area contributed by atoms with Crippen LogP contribution in [0.25, 0.3) is 0 Å². The van der Waals surface area contributed by atoms with E-state index in [0.29, 0.717) is 19.8 Å². The molecule has 1 aliphatic rings. The highest BCUT2D eigenvalue weighted by molar-refractivity contribution is 6.31. The van der Waals surface area contributed by atoms with Crippen molar-refractivity contribution in [1.82, 2.24) is 5.32 Å². The molecule has 6 heteroatoms. The first-order valence-electron chi connectivity index (χ1n) is 6.91. The van der Waals surface area contributed by atoms with Crippen molar-refractivity contribution in [3.8, 4) is 0 Å². The smallest absolute Gasteiger partial charge is 0.236 e. The first-order chi connectivity index (χ1) is 9.55. The second-order valence-electron chi connectivity index (χ2n) is 5.38. The fourth-order valence-corrected chi connectivity index (χ4v) is 2.95. The Morgan fingerprint density at radius 3 is 2.62 bits per heavy atom. The summed E-state index contributed by atoms with van der Waals surface area (Å²) >= 11 is 6.35. The SMILES string of the molecule is C[C@H](N)C(=O)NCC1(c2ccccc2Cl)CCOCC1.Cl. The van der Waals surface area contributed by atoms with Crippen LogP contribution in [0, 0.1) is 0 Å². The van der Waals surface area contributed by atoms with Crippen LogP contribution in [0.2, 0.25) is 5.02 Å². The maximum absolute atomic E-state index is 11.7. The van der Waals surface area contributed by atoms with Crippen molar-refractivity contribution >= 4 is 29.9 Å². The molecule has 1 amide bonds. The fourth-order valence-electron chi connectivity index (χ4n) is 2.61. The Labute approximate surface area is 136 Å². The molecule has 1 aliphatic heterocycles. The Morgan fingerprint density at radius 2 is 2.05 bits per heavy atom. The lowest BCUT2D eigenvalue weighted by Crippen LogP contribution is -2.48. The van der Waals surface area contributed by atoms with Gasteiger partial charge in [-0.1, -0.05) is 29.8 Å². The van der Waals surface area contributed by atoms with E-state index in [0.717, 1.165) is 23.4 Å². The minimum absolute atomic E-state index is 0. The highest BCUT2D eigenvalue weighted by atomic mass is 35.5. The molecule has 1 aromatic rings. The summed E-state index contributed by atoms with van der Waals surface area (Å²) in [5.74, 6) is -0.136. The second-order valence-corrected chi connectivity index (χ2v) is 5.79.